The summed E-state index contributed by atoms with van der Waals surface area (Å²) in [5.41, 5.74) is 4.64. The molecule has 4 rings (SSSR count). The van der Waals surface area contributed by atoms with Crippen LogP contribution in [0.5, 0.6) is 0 Å². The SMILES string of the molecule is Cn1cc(-c2ccc(Cc3cc(C(=O)O)nc4ccoc34)cn2)cn1. The van der Waals surface area contributed by atoms with Crippen molar-refractivity contribution < 1.29 is 14.3 Å². The maximum Gasteiger partial charge on any atom is 0.354 e. The molecular formula is C18H14N4O3. The minimum absolute atomic E-state index is 0.00355. The summed E-state index contributed by atoms with van der Waals surface area (Å²) in [5, 5.41) is 13.4. The van der Waals surface area contributed by atoms with Crippen LogP contribution in [0, 0.1) is 0 Å². The monoisotopic (exact) mass is 334 g/mol. The lowest BCUT2D eigenvalue weighted by Gasteiger charge is -2.05. The zero-order valence-corrected chi connectivity index (χ0v) is 13.4. The normalized spacial score (nSPS) is 11.1. The Balaban J connectivity index is 1.67. The van der Waals surface area contributed by atoms with E-state index in [1.807, 2.05) is 25.4 Å². The van der Waals surface area contributed by atoms with Crippen LogP contribution in [0.3, 0.4) is 0 Å². The molecule has 0 aliphatic carbocycles. The molecule has 0 radical (unpaired) electrons. The summed E-state index contributed by atoms with van der Waals surface area (Å²) in [4.78, 5) is 19.8. The average Bonchev–Trinajstić information content (AvgIpc) is 3.24. The van der Waals surface area contributed by atoms with Crippen molar-refractivity contribution in [3.63, 3.8) is 0 Å². The fourth-order valence-corrected chi connectivity index (χ4v) is 2.74. The van der Waals surface area contributed by atoms with E-state index in [0.29, 0.717) is 17.5 Å². The van der Waals surface area contributed by atoms with E-state index in [1.54, 1.807) is 29.2 Å². The standard InChI is InChI=1S/C18H14N4O3/c1-22-10-13(9-20-22)14-3-2-11(8-19-14)6-12-7-16(18(23)24)21-15-4-5-25-17(12)15/h2-5,7-10H,6H2,1H3,(H,23,24). The molecular weight excluding hydrogens is 320 g/mol. The maximum atomic E-state index is 11.3. The van der Waals surface area contributed by atoms with Crippen LogP contribution in [-0.2, 0) is 13.5 Å². The Morgan fingerprint density at radius 2 is 2.16 bits per heavy atom. The lowest BCUT2D eigenvalue weighted by molar-refractivity contribution is 0.0691. The van der Waals surface area contributed by atoms with Gasteiger partial charge in [-0.1, -0.05) is 6.07 Å². The number of hydrogen-bond acceptors (Lipinski definition) is 5. The Morgan fingerprint density at radius 3 is 2.84 bits per heavy atom. The first-order valence-electron chi connectivity index (χ1n) is 7.64. The molecule has 0 aliphatic rings. The van der Waals surface area contributed by atoms with Gasteiger partial charge in [0.2, 0.25) is 0 Å². The van der Waals surface area contributed by atoms with Crippen LogP contribution in [0.2, 0.25) is 0 Å². The highest BCUT2D eigenvalue weighted by atomic mass is 16.4. The van der Waals surface area contributed by atoms with Gasteiger partial charge in [0.05, 0.1) is 18.2 Å². The van der Waals surface area contributed by atoms with Gasteiger partial charge in [0.15, 0.2) is 5.58 Å². The van der Waals surface area contributed by atoms with Crippen molar-refractivity contribution in [1.29, 1.82) is 0 Å². The van der Waals surface area contributed by atoms with E-state index in [0.717, 1.165) is 22.4 Å². The van der Waals surface area contributed by atoms with Crippen molar-refractivity contribution in [3.8, 4) is 11.3 Å². The van der Waals surface area contributed by atoms with Crippen LogP contribution in [0.1, 0.15) is 21.6 Å². The summed E-state index contributed by atoms with van der Waals surface area (Å²) in [6, 6.07) is 7.09. The Bertz CT molecular complexity index is 1060. The number of carboxylic acids is 1. The molecule has 0 aromatic carbocycles. The van der Waals surface area contributed by atoms with Gasteiger partial charge in [0.25, 0.3) is 0 Å². The largest absolute Gasteiger partial charge is 0.477 e. The zero-order chi connectivity index (χ0) is 17.4. The van der Waals surface area contributed by atoms with Gasteiger partial charge in [-0.2, -0.15) is 5.10 Å². The first-order chi connectivity index (χ1) is 12.1. The van der Waals surface area contributed by atoms with E-state index in [2.05, 4.69) is 15.1 Å². The third kappa shape index (κ3) is 2.87. The van der Waals surface area contributed by atoms with Crippen LogP contribution >= 0.6 is 0 Å². The molecule has 4 aromatic rings. The molecule has 124 valence electrons. The topological polar surface area (TPSA) is 94.0 Å². The molecule has 1 N–H and O–H groups in total. The van der Waals surface area contributed by atoms with E-state index >= 15 is 0 Å². The first kappa shape index (κ1) is 15.1. The van der Waals surface area contributed by atoms with E-state index in [9.17, 15) is 9.90 Å². The van der Waals surface area contributed by atoms with Gasteiger partial charge >= 0.3 is 5.97 Å². The number of furan rings is 1. The molecule has 0 aliphatic heterocycles. The molecule has 0 saturated carbocycles. The number of carbonyl (C=O) groups is 1. The van der Waals surface area contributed by atoms with Gasteiger partial charge in [-0.25, -0.2) is 9.78 Å². The summed E-state index contributed by atoms with van der Waals surface area (Å²) >= 11 is 0. The molecule has 0 saturated heterocycles. The molecule has 0 amide bonds. The number of hydrogen-bond donors (Lipinski definition) is 1. The van der Waals surface area contributed by atoms with E-state index < -0.39 is 5.97 Å². The highest BCUT2D eigenvalue weighted by molar-refractivity contribution is 5.89. The fourth-order valence-electron chi connectivity index (χ4n) is 2.74. The molecule has 0 atom stereocenters. The van der Waals surface area contributed by atoms with Crippen LogP contribution in [0.15, 0.2) is 53.5 Å². The molecule has 4 heterocycles. The van der Waals surface area contributed by atoms with Gasteiger partial charge in [-0.3, -0.25) is 9.67 Å². The van der Waals surface area contributed by atoms with Crippen molar-refractivity contribution in [1.82, 2.24) is 19.7 Å². The number of nitrogens with zero attached hydrogens (tertiary/aromatic N) is 4. The minimum Gasteiger partial charge on any atom is -0.477 e. The first-order valence-corrected chi connectivity index (χ1v) is 7.64. The molecule has 7 nitrogen and oxygen atoms in total. The van der Waals surface area contributed by atoms with Crippen molar-refractivity contribution in [2.75, 3.05) is 0 Å². The maximum absolute atomic E-state index is 11.3. The highest BCUT2D eigenvalue weighted by Gasteiger charge is 2.14. The van der Waals surface area contributed by atoms with Gasteiger partial charge in [-0.05, 0) is 17.7 Å². The number of aromatic nitrogens is 4. The van der Waals surface area contributed by atoms with Crippen LogP contribution in [0.4, 0.5) is 0 Å². The number of rotatable bonds is 4. The zero-order valence-electron chi connectivity index (χ0n) is 13.4. The van der Waals surface area contributed by atoms with Crippen molar-refractivity contribution >= 4 is 17.1 Å². The molecule has 0 unspecified atom stereocenters. The second-order valence-electron chi connectivity index (χ2n) is 5.74. The van der Waals surface area contributed by atoms with Gasteiger partial charge in [-0.15, -0.1) is 0 Å². The highest BCUT2D eigenvalue weighted by Crippen LogP contribution is 2.23. The Morgan fingerprint density at radius 1 is 1.28 bits per heavy atom. The summed E-state index contributed by atoms with van der Waals surface area (Å²) in [7, 11) is 1.86. The van der Waals surface area contributed by atoms with Crippen LogP contribution in [-0.4, -0.2) is 30.8 Å². The third-order valence-corrected chi connectivity index (χ3v) is 3.93. The number of aromatic carboxylic acids is 1. The average molecular weight is 334 g/mol. The van der Waals surface area contributed by atoms with Crippen molar-refractivity contribution in [2.45, 2.75) is 6.42 Å². The smallest absolute Gasteiger partial charge is 0.354 e. The van der Waals surface area contributed by atoms with Crippen molar-refractivity contribution in [3.05, 3.63) is 65.9 Å². The number of pyridine rings is 2. The lowest BCUT2D eigenvalue weighted by Crippen LogP contribution is -2.02. The second kappa shape index (κ2) is 5.86. The summed E-state index contributed by atoms with van der Waals surface area (Å²) in [5.74, 6) is -1.06. The Kier molecular flexibility index (Phi) is 3.53. The molecule has 0 bridgehead atoms. The van der Waals surface area contributed by atoms with Crippen LogP contribution in [0.25, 0.3) is 22.4 Å². The van der Waals surface area contributed by atoms with E-state index in [-0.39, 0.29) is 5.69 Å². The Labute approximate surface area is 142 Å². The van der Waals surface area contributed by atoms with Gasteiger partial charge < -0.3 is 9.52 Å². The molecule has 25 heavy (non-hydrogen) atoms. The second-order valence-corrected chi connectivity index (χ2v) is 5.74. The fraction of sp³-hybridized carbons (Fsp3) is 0.111. The van der Waals surface area contributed by atoms with E-state index in [4.69, 9.17) is 4.42 Å². The third-order valence-electron chi connectivity index (χ3n) is 3.93. The number of fused-ring (bicyclic) bond motifs is 1. The molecule has 0 fully saturated rings. The molecule has 7 heteroatoms. The summed E-state index contributed by atoms with van der Waals surface area (Å²) < 4.78 is 7.19. The van der Waals surface area contributed by atoms with Gasteiger partial charge in [0, 0.05) is 43.1 Å². The lowest BCUT2D eigenvalue weighted by atomic mass is 10.0. The minimum atomic E-state index is -1.06. The summed E-state index contributed by atoms with van der Waals surface area (Å²) in [6.45, 7) is 0. The molecule has 4 aromatic heterocycles. The van der Waals surface area contributed by atoms with Gasteiger partial charge in [0.1, 0.15) is 11.2 Å². The Hall–Kier alpha value is -3.48. The predicted octanol–water partition coefficient (Wildman–Crippen LogP) is 2.91. The number of carboxylic acid groups (broad SMARTS) is 1. The van der Waals surface area contributed by atoms with Crippen LogP contribution < -0.4 is 0 Å². The predicted molar refractivity (Wildman–Crippen MR) is 90.2 cm³/mol. The quantitative estimate of drug-likeness (QED) is 0.617. The number of aryl methyl sites for hydroxylation is 1. The molecule has 0 spiro atoms. The van der Waals surface area contributed by atoms with E-state index in [1.165, 1.54) is 6.26 Å². The summed E-state index contributed by atoms with van der Waals surface area (Å²) in [6.07, 6.45) is 7.45. The van der Waals surface area contributed by atoms with Crippen molar-refractivity contribution in [2.24, 2.45) is 7.05 Å².